The molecule has 0 aromatic heterocycles. The van der Waals surface area contributed by atoms with Gasteiger partial charge in [0.25, 0.3) is 5.09 Å². The Kier molecular flexibility index (Phi) is 8.87. The third-order valence-electron chi connectivity index (χ3n) is 0.315. The van der Waals surface area contributed by atoms with Crippen molar-refractivity contribution in [2.45, 2.75) is 0 Å². The standard InChI is InChI=1S/C2H6N2O3.Cu/c3-1-2-7-4(5)6;/h1-3H2;. The van der Waals surface area contributed by atoms with Gasteiger partial charge in [-0.3, -0.25) is 0 Å². The van der Waals surface area contributed by atoms with Crippen molar-refractivity contribution in [3.05, 3.63) is 10.1 Å². The summed E-state index contributed by atoms with van der Waals surface area (Å²) in [5.41, 5.74) is 4.85. The molecule has 2 N–H and O–H groups in total. The van der Waals surface area contributed by atoms with Gasteiger partial charge in [-0.05, 0) is 0 Å². The minimum atomic E-state index is -0.868. The second kappa shape index (κ2) is 6.68. The Bertz CT molecular complexity index is 68.3. The third kappa shape index (κ3) is 9.19. The van der Waals surface area contributed by atoms with Gasteiger partial charge in [0.15, 0.2) is 0 Å². The molecule has 0 unspecified atom stereocenters. The van der Waals surface area contributed by atoms with Gasteiger partial charge in [0.1, 0.15) is 6.61 Å². The molecule has 53 valence electrons. The van der Waals surface area contributed by atoms with Crippen molar-refractivity contribution < 1.29 is 27.0 Å². The van der Waals surface area contributed by atoms with Gasteiger partial charge in [0.2, 0.25) is 0 Å². The number of nitrogens with two attached hydrogens (primary N) is 1. The summed E-state index contributed by atoms with van der Waals surface area (Å²) >= 11 is 0. The summed E-state index contributed by atoms with van der Waals surface area (Å²) in [6.07, 6.45) is 0. The van der Waals surface area contributed by atoms with Crippen LogP contribution < -0.4 is 5.73 Å². The second-order valence-corrected chi connectivity index (χ2v) is 0.846. The molecule has 0 saturated heterocycles. The number of nitrogens with zero attached hydrogens (tertiary/aromatic N) is 1. The fraction of sp³-hybridized carbons (Fsp3) is 1.00. The summed E-state index contributed by atoms with van der Waals surface area (Å²) in [6.45, 7) is 0.161. The van der Waals surface area contributed by atoms with Crippen LogP contribution in [0.1, 0.15) is 0 Å². The summed E-state index contributed by atoms with van der Waals surface area (Å²) in [4.78, 5) is 13.1. The van der Waals surface area contributed by atoms with E-state index in [0.29, 0.717) is 0 Å². The van der Waals surface area contributed by atoms with Crippen molar-refractivity contribution in [3.8, 4) is 0 Å². The fourth-order valence-corrected chi connectivity index (χ4v) is 0.127. The van der Waals surface area contributed by atoms with Crippen molar-refractivity contribution in [3.63, 3.8) is 0 Å². The average Bonchev–Trinajstić information content (AvgIpc) is 1.61. The molecule has 0 aliphatic rings. The Balaban J connectivity index is 0. The van der Waals surface area contributed by atoms with Gasteiger partial charge < -0.3 is 10.6 Å². The summed E-state index contributed by atoms with van der Waals surface area (Å²) in [5.74, 6) is 0. The molecule has 0 bridgehead atoms. The first kappa shape index (κ1) is 10.6. The minimum absolute atomic E-state index is 0. The number of hydrogen-bond donors (Lipinski definition) is 1. The van der Waals surface area contributed by atoms with Gasteiger partial charge in [0, 0.05) is 23.6 Å². The van der Waals surface area contributed by atoms with Gasteiger partial charge in [-0.15, -0.1) is 10.1 Å². The van der Waals surface area contributed by atoms with Crippen molar-refractivity contribution >= 4 is 0 Å². The molecule has 6 heteroatoms. The van der Waals surface area contributed by atoms with Gasteiger partial charge in [-0.2, -0.15) is 0 Å². The van der Waals surface area contributed by atoms with Crippen LogP contribution in [0.2, 0.25) is 0 Å². The van der Waals surface area contributed by atoms with E-state index in [0.717, 1.165) is 0 Å². The Morgan fingerprint density at radius 2 is 2.25 bits per heavy atom. The largest absolute Gasteiger partial charge is 0.329 e. The minimum Gasteiger partial charge on any atom is -0.329 e. The van der Waals surface area contributed by atoms with Gasteiger partial charge >= 0.3 is 0 Å². The zero-order valence-electron chi connectivity index (χ0n) is 3.97. The first-order valence-electron chi connectivity index (χ1n) is 1.74. The van der Waals surface area contributed by atoms with Gasteiger partial charge in [-0.25, -0.2) is 0 Å². The quantitative estimate of drug-likeness (QED) is 0.339. The smallest absolute Gasteiger partial charge is 0.294 e. The first-order valence-corrected chi connectivity index (χ1v) is 1.74. The van der Waals surface area contributed by atoms with Crippen LogP contribution in [0.25, 0.3) is 0 Å². The molecule has 8 heavy (non-hydrogen) atoms. The first-order chi connectivity index (χ1) is 3.27. The van der Waals surface area contributed by atoms with Crippen molar-refractivity contribution in [2.24, 2.45) is 5.73 Å². The Labute approximate surface area is 56.8 Å². The second-order valence-electron chi connectivity index (χ2n) is 0.846. The van der Waals surface area contributed by atoms with E-state index < -0.39 is 5.09 Å². The molecule has 0 aliphatic carbocycles. The SMILES string of the molecule is NCCO[N+](=O)[O-].[Cu]. The molecule has 0 amide bonds. The fourth-order valence-electron chi connectivity index (χ4n) is 0.127. The van der Waals surface area contributed by atoms with E-state index in [1.165, 1.54) is 0 Å². The van der Waals surface area contributed by atoms with Gasteiger partial charge in [-0.1, -0.05) is 0 Å². The predicted octanol–water partition coefficient (Wildman–Crippen LogP) is -0.849. The van der Waals surface area contributed by atoms with Crippen LogP contribution >= 0.6 is 0 Å². The molecule has 0 rings (SSSR count). The maximum absolute atomic E-state index is 9.29. The topological polar surface area (TPSA) is 78.4 Å². The predicted molar refractivity (Wildman–Crippen MR) is 22.0 cm³/mol. The van der Waals surface area contributed by atoms with Gasteiger partial charge in [0.05, 0.1) is 0 Å². The molecule has 0 fully saturated rings. The summed E-state index contributed by atoms with van der Waals surface area (Å²) in [7, 11) is 0. The third-order valence-corrected chi connectivity index (χ3v) is 0.315. The van der Waals surface area contributed by atoms with E-state index in [4.69, 9.17) is 5.73 Å². The molecule has 0 aromatic rings. The van der Waals surface area contributed by atoms with Crippen molar-refractivity contribution in [2.75, 3.05) is 13.2 Å². The molecule has 0 aliphatic heterocycles. The summed E-state index contributed by atoms with van der Waals surface area (Å²) in [5, 5.41) is 8.42. The van der Waals surface area contributed by atoms with E-state index in [1.54, 1.807) is 0 Å². The normalized spacial score (nSPS) is 7.12. The van der Waals surface area contributed by atoms with Crippen LogP contribution in [-0.4, -0.2) is 18.2 Å². The van der Waals surface area contributed by atoms with Crippen LogP contribution in [-0.2, 0) is 21.9 Å². The Morgan fingerprint density at radius 3 is 2.38 bits per heavy atom. The van der Waals surface area contributed by atoms with E-state index in [1.807, 2.05) is 0 Å². The zero-order valence-corrected chi connectivity index (χ0v) is 4.91. The van der Waals surface area contributed by atoms with Crippen LogP contribution in [0, 0.1) is 10.1 Å². The van der Waals surface area contributed by atoms with E-state index >= 15 is 0 Å². The molecule has 0 heterocycles. The molecule has 1 radical (unpaired) electrons. The maximum Gasteiger partial charge on any atom is 0.294 e. The Morgan fingerprint density at radius 1 is 1.75 bits per heavy atom. The monoisotopic (exact) mass is 169 g/mol. The van der Waals surface area contributed by atoms with Crippen molar-refractivity contribution in [1.29, 1.82) is 0 Å². The molecular formula is C2H6CuN2O3. The molecule has 0 spiro atoms. The van der Waals surface area contributed by atoms with Crippen molar-refractivity contribution in [1.82, 2.24) is 0 Å². The van der Waals surface area contributed by atoms with Crippen LogP contribution in [0.3, 0.4) is 0 Å². The average molecular weight is 170 g/mol. The molecule has 5 nitrogen and oxygen atoms in total. The molecular weight excluding hydrogens is 164 g/mol. The molecule has 0 saturated carbocycles. The molecule has 0 aromatic carbocycles. The summed E-state index contributed by atoms with van der Waals surface area (Å²) in [6, 6.07) is 0. The molecule has 0 atom stereocenters. The Hall–Kier alpha value is -0.321. The number of hydrogen-bond acceptors (Lipinski definition) is 4. The van der Waals surface area contributed by atoms with E-state index in [-0.39, 0.29) is 30.2 Å². The van der Waals surface area contributed by atoms with E-state index in [9.17, 15) is 10.1 Å². The zero-order chi connectivity index (χ0) is 5.70. The maximum atomic E-state index is 9.29. The van der Waals surface area contributed by atoms with Crippen LogP contribution in [0.15, 0.2) is 0 Å². The van der Waals surface area contributed by atoms with Crippen LogP contribution in [0.5, 0.6) is 0 Å². The van der Waals surface area contributed by atoms with Crippen LogP contribution in [0.4, 0.5) is 0 Å². The van der Waals surface area contributed by atoms with E-state index in [2.05, 4.69) is 4.84 Å². The summed E-state index contributed by atoms with van der Waals surface area (Å²) < 4.78 is 0. The number of rotatable bonds is 3.